The molecule has 1 N–H and O–H groups in total. The summed E-state index contributed by atoms with van der Waals surface area (Å²) in [5.74, 6) is 0.158. The highest BCUT2D eigenvalue weighted by Gasteiger charge is 2.28. The fourth-order valence-electron chi connectivity index (χ4n) is 3.51. The van der Waals surface area contributed by atoms with E-state index in [9.17, 15) is 9.59 Å². The molecule has 6 heteroatoms. The number of halogens is 2. The van der Waals surface area contributed by atoms with Gasteiger partial charge in [-0.1, -0.05) is 81.2 Å². The van der Waals surface area contributed by atoms with Crippen molar-refractivity contribution in [1.29, 1.82) is 0 Å². The highest BCUT2D eigenvalue weighted by Crippen LogP contribution is 2.24. The topological polar surface area (TPSA) is 49.4 Å². The lowest BCUT2D eigenvalue weighted by Crippen LogP contribution is -2.49. The lowest BCUT2D eigenvalue weighted by molar-refractivity contribution is -0.141. The van der Waals surface area contributed by atoms with Gasteiger partial charge < -0.3 is 10.2 Å². The standard InChI is InChI=1S/C26H34Cl2N2O2/c1-5-19-7-9-20(10-8-19)12-14-25(31)30(17-21-11-13-22(27)23(28)15-21)24(6-2)26(32)29-16-18(3)4/h7-11,13,15,18,24H,5-6,12,14,16-17H2,1-4H3,(H,29,32)/t24-/m1/s1. The van der Waals surface area contributed by atoms with Crippen LogP contribution in [0.25, 0.3) is 0 Å². The third-order valence-corrected chi connectivity index (χ3v) is 6.21. The monoisotopic (exact) mass is 476 g/mol. The first-order valence-electron chi connectivity index (χ1n) is 11.3. The van der Waals surface area contributed by atoms with E-state index in [-0.39, 0.29) is 11.8 Å². The quantitative estimate of drug-likeness (QED) is 0.427. The van der Waals surface area contributed by atoms with E-state index in [0.717, 1.165) is 17.5 Å². The predicted octanol–water partition coefficient (Wildman–Crippen LogP) is 6.07. The summed E-state index contributed by atoms with van der Waals surface area (Å²) in [5, 5.41) is 3.88. The molecule has 4 nitrogen and oxygen atoms in total. The molecule has 0 saturated carbocycles. The minimum Gasteiger partial charge on any atom is -0.354 e. The zero-order chi connectivity index (χ0) is 23.7. The number of benzene rings is 2. The van der Waals surface area contributed by atoms with Crippen LogP contribution in [0.1, 0.15) is 57.2 Å². The van der Waals surface area contributed by atoms with Crippen LogP contribution >= 0.6 is 23.2 Å². The first kappa shape index (κ1) is 26.2. The molecule has 0 aliphatic heterocycles. The maximum atomic E-state index is 13.3. The maximum absolute atomic E-state index is 13.3. The van der Waals surface area contributed by atoms with E-state index in [1.807, 2.05) is 26.8 Å². The average molecular weight is 477 g/mol. The molecule has 0 heterocycles. The van der Waals surface area contributed by atoms with Gasteiger partial charge in [0.05, 0.1) is 10.0 Å². The van der Waals surface area contributed by atoms with Crippen molar-refractivity contribution in [2.45, 2.75) is 66.0 Å². The lowest BCUT2D eigenvalue weighted by atomic mass is 10.0. The first-order chi connectivity index (χ1) is 15.2. The highest BCUT2D eigenvalue weighted by atomic mass is 35.5. The van der Waals surface area contributed by atoms with Gasteiger partial charge in [0.2, 0.25) is 11.8 Å². The number of carbonyl (C=O) groups is 2. The summed E-state index contributed by atoms with van der Waals surface area (Å²) in [6, 6.07) is 13.1. The Labute approximate surface area is 202 Å². The molecule has 0 aliphatic rings. The Bertz CT molecular complexity index is 897. The summed E-state index contributed by atoms with van der Waals surface area (Å²) in [6.07, 6.45) is 2.48. The summed E-state index contributed by atoms with van der Waals surface area (Å²) in [4.78, 5) is 27.9. The number of nitrogens with one attached hydrogen (secondary N) is 1. The average Bonchev–Trinajstić information content (AvgIpc) is 2.78. The van der Waals surface area contributed by atoms with Crippen molar-refractivity contribution in [2.75, 3.05) is 6.54 Å². The molecule has 174 valence electrons. The largest absolute Gasteiger partial charge is 0.354 e. The molecule has 2 amide bonds. The Balaban J connectivity index is 2.20. The molecule has 0 aliphatic carbocycles. The maximum Gasteiger partial charge on any atom is 0.242 e. The number of amides is 2. The van der Waals surface area contributed by atoms with Crippen LogP contribution in [0.2, 0.25) is 10.0 Å². The van der Waals surface area contributed by atoms with Gasteiger partial charge in [0.15, 0.2) is 0 Å². The Kier molecular flexibility index (Phi) is 10.5. The Morgan fingerprint density at radius 1 is 0.938 bits per heavy atom. The van der Waals surface area contributed by atoms with Gasteiger partial charge in [-0.05, 0) is 54.0 Å². The molecule has 0 spiro atoms. The van der Waals surface area contributed by atoms with E-state index in [1.54, 1.807) is 17.0 Å². The lowest BCUT2D eigenvalue weighted by Gasteiger charge is -2.31. The number of hydrogen-bond acceptors (Lipinski definition) is 2. The Hall–Kier alpha value is -2.04. The summed E-state index contributed by atoms with van der Waals surface area (Å²) < 4.78 is 0. The van der Waals surface area contributed by atoms with E-state index in [2.05, 4.69) is 36.5 Å². The zero-order valence-electron chi connectivity index (χ0n) is 19.5. The second-order valence-corrected chi connectivity index (χ2v) is 9.32. The summed E-state index contributed by atoms with van der Waals surface area (Å²) in [7, 11) is 0. The summed E-state index contributed by atoms with van der Waals surface area (Å²) >= 11 is 12.2. The van der Waals surface area contributed by atoms with Gasteiger partial charge in [-0.15, -0.1) is 0 Å². The number of carbonyl (C=O) groups excluding carboxylic acids is 2. The van der Waals surface area contributed by atoms with E-state index in [4.69, 9.17) is 23.2 Å². The van der Waals surface area contributed by atoms with Crippen LogP contribution < -0.4 is 5.32 Å². The second-order valence-electron chi connectivity index (χ2n) is 8.50. The van der Waals surface area contributed by atoms with Crippen LogP contribution in [0.3, 0.4) is 0 Å². The van der Waals surface area contributed by atoms with Crippen molar-refractivity contribution in [1.82, 2.24) is 10.2 Å². The SMILES string of the molecule is CCc1ccc(CCC(=O)N(Cc2ccc(Cl)c(Cl)c2)[C@H](CC)C(=O)NCC(C)C)cc1. The van der Waals surface area contributed by atoms with E-state index >= 15 is 0 Å². The minimum absolute atomic E-state index is 0.0535. The third kappa shape index (κ3) is 7.83. The Morgan fingerprint density at radius 2 is 1.56 bits per heavy atom. The van der Waals surface area contributed by atoms with Crippen LogP contribution in [0.4, 0.5) is 0 Å². The zero-order valence-corrected chi connectivity index (χ0v) is 21.0. The number of rotatable bonds is 11. The van der Waals surface area contributed by atoms with Crippen LogP contribution in [0.15, 0.2) is 42.5 Å². The van der Waals surface area contributed by atoms with Crippen molar-refractivity contribution in [3.63, 3.8) is 0 Å². The molecule has 0 saturated heterocycles. The number of aryl methyl sites for hydroxylation is 2. The van der Waals surface area contributed by atoms with Crippen molar-refractivity contribution in [2.24, 2.45) is 5.92 Å². The smallest absolute Gasteiger partial charge is 0.242 e. The molecule has 0 bridgehead atoms. The Morgan fingerprint density at radius 3 is 2.12 bits per heavy atom. The highest BCUT2D eigenvalue weighted by molar-refractivity contribution is 6.42. The molecule has 1 atom stereocenters. The molecule has 0 aromatic heterocycles. The minimum atomic E-state index is -0.543. The van der Waals surface area contributed by atoms with Crippen molar-refractivity contribution in [3.05, 3.63) is 69.2 Å². The molecule has 0 unspecified atom stereocenters. The second kappa shape index (κ2) is 12.9. The van der Waals surface area contributed by atoms with Gasteiger partial charge in [-0.3, -0.25) is 9.59 Å². The van der Waals surface area contributed by atoms with Crippen molar-refractivity contribution in [3.8, 4) is 0 Å². The molecule has 2 rings (SSSR count). The molecular formula is C26H34Cl2N2O2. The van der Waals surface area contributed by atoms with Crippen molar-refractivity contribution < 1.29 is 9.59 Å². The van der Waals surface area contributed by atoms with Crippen LogP contribution in [0, 0.1) is 5.92 Å². The summed E-state index contributed by atoms with van der Waals surface area (Å²) in [5.41, 5.74) is 3.23. The van der Waals surface area contributed by atoms with Crippen LogP contribution in [-0.2, 0) is 29.0 Å². The predicted molar refractivity (Wildman–Crippen MR) is 133 cm³/mol. The van der Waals surface area contributed by atoms with E-state index in [1.165, 1.54) is 5.56 Å². The first-order valence-corrected chi connectivity index (χ1v) is 12.1. The van der Waals surface area contributed by atoms with E-state index in [0.29, 0.717) is 48.3 Å². The van der Waals surface area contributed by atoms with Gasteiger partial charge >= 0.3 is 0 Å². The summed E-state index contributed by atoms with van der Waals surface area (Å²) in [6.45, 7) is 9.02. The molecule has 0 fully saturated rings. The molecule has 32 heavy (non-hydrogen) atoms. The number of nitrogens with zero attached hydrogens (tertiary/aromatic N) is 1. The van der Waals surface area contributed by atoms with Gasteiger partial charge in [0.1, 0.15) is 6.04 Å². The van der Waals surface area contributed by atoms with Crippen molar-refractivity contribution >= 4 is 35.0 Å². The fourth-order valence-corrected chi connectivity index (χ4v) is 3.83. The number of hydrogen-bond donors (Lipinski definition) is 1. The third-order valence-electron chi connectivity index (χ3n) is 5.47. The van der Waals surface area contributed by atoms with Gasteiger partial charge in [0, 0.05) is 19.5 Å². The fraction of sp³-hybridized carbons (Fsp3) is 0.462. The molecule has 2 aromatic rings. The van der Waals surface area contributed by atoms with Gasteiger partial charge in [-0.2, -0.15) is 0 Å². The van der Waals surface area contributed by atoms with Crippen LogP contribution in [0.5, 0.6) is 0 Å². The normalized spacial score (nSPS) is 12.0. The van der Waals surface area contributed by atoms with Crippen LogP contribution in [-0.4, -0.2) is 29.3 Å². The van der Waals surface area contributed by atoms with Gasteiger partial charge in [-0.25, -0.2) is 0 Å². The van der Waals surface area contributed by atoms with Gasteiger partial charge in [0.25, 0.3) is 0 Å². The molecule has 0 radical (unpaired) electrons. The molecule has 2 aromatic carbocycles. The molecular weight excluding hydrogens is 443 g/mol. The van der Waals surface area contributed by atoms with E-state index < -0.39 is 6.04 Å².